The Bertz CT molecular complexity index is 338. The van der Waals surface area contributed by atoms with Crippen LogP contribution in [0.25, 0.3) is 0 Å². The number of nitrogens with one attached hydrogen (secondary N) is 1. The molecule has 0 radical (unpaired) electrons. The number of thioether (sulfide) groups is 1. The predicted molar refractivity (Wildman–Crippen MR) is 71.0 cm³/mol. The number of hydrogen-bond donors (Lipinski definition) is 2. The fraction of sp³-hybridized carbons (Fsp3) is 0.583. The van der Waals surface area contributed by atoms with Gasteiger partial charge < -0.3 is 14.8 Å². The Morgan fingerprint density at radius 1 is 1.35 bits per heavy atom. The van der Waals surface area contributed by atoms with Gasteiger partial charge in [-0.25, -0.2) is 4.79 Å². The number of anilines is 1. The van der Waals surface area contributed by atoms with E-state index in [9.17, 15) is 4.79 Å². The van der Waals surface area contributed by atoms with Crippen LogP contribution in [0, 0.1) is 0 Å². The van der Waals surface area contributed by atoms with Crippen LogP contribution in [-0.4, -0.2) is 29.6 Å². The minimum absolute atomic E-state index is 0.0209. The number of carboxylic acid groups (broad SMARTS) is 1. The van der Waals surface area contributed by atoms with E-state index in [1.807, 2.05) is 11.8 Å². The highest BCUT2D eigenvalue weighted by Crippen LogP contribution is 2.13. The van der Waals surface area contributed by atoms with Gasteiger partial charge in [0, 0.05) is 12.6 Å². The van der Waals surface area contributed by atoms with Crippen LogP contribution >= 0.6 is 11.8 Å². The smallest absolute Gasteiger partial charge is 0.371 e. The molecule has 0 unspecified atom stereocenters. The van der Waals surface area contributed by atoms with Crippen LogP contribution in [0.4, 0.5) is 5.88 Å². The quantitative estimate of drug-likeness (QED) is 0.664. The monoisotopic (exact) mass is 257 g/mol. The Hall–Kier alpha value is -1.10. The van der Waals surface area contributed by atoms with Crippen molar-refractivity contribution in [3.05, 3.63) is 17.9 Å². The summed E-state index contributed by atoms with van der Waals surface area (Å²) in [4.78, 5) is 10.6. The van der Waals surface area contributed by atoms with Gasteiger partial charge in [0.1, 0.15) is 0 Å². The normalized spacial score (nSPS) is 10.4. The van der Waals surface area contributed by atoms with E-state index in [1.54, 1.807) is 6.07 Å². The van der Waals surface area contributed by atoms with Crippen molar-refractivity contribution in [3.8, 4) is 0 Å². The van der Waals surface area contributed by atoms with Gasteiger partial charge in [0.2, 0.25) is 5.76 Å². The van der Waals surface area contributed by atoms with Gasteiger partial charge in [-0.1, -0.05) is 12.8 Å². The third-order valence-electron chi connectivity index (χ3n) is 2.39. The van der Waals surface area contributed by atoms with Gasteiger partial charge >= 0.3 is 5.97 Å². The zero-order valence-electron chi connectivity index (χ0n) is 10.1. The highest BCUT2D eigenvalue weighted by atomic mass is 32.2. The Kier molecular flexibility index (Phi) is 6.62. The fourth-order valence-corrected chi connectivity index (χ4v) is 1.98. The number of furan rings is 1. The van der Waals surface area contributed by atoms with Gasteiger partial charge in [0.25, 0.3) is 0 Å². The van der Waals surface area contributed by atoms with Crippen molar-refractivity contribution < 1.29 is 14.3 Å². The molecule has 0 aliphatic rings. The lowest BCUT2D eigenvalue weighted by atomic mass is 10.2. The average molecular weight is 257 g/mol. The molecule has 0 atom stereocenters. The first-order valence-electron chi connectivity index (χ1n) is 5.80. The van der Waals surface area contributed by atoms with E-state index in [1.165, 1.54) is 31.1 Å². The molecule has 96 valence electrons. The topological polar surface area (TPSA) is 62.5 Å². The molecule has 1 heterocycles. The van der Waals surface area contributed by atoms with E-state index in [-0.39, 0.29) is 5.76 Å². The molecule has 0 saturated heterocycles. The summed E-state index contributed by atoms with van der Waals surface area (Å²) in [6, 6.07) is 3.11. The zero-order valence-corrected chi connectivity index (χ0v) is 10.9. The van der Waals surface area contributed by atoms with Crippen LogP contribution < -0.4 is 5.32 Å². The summed E-state index contributed by atoms with van der Waals surface area (Å²) in [5.74, 6) is 0.710. The van der Waals surface area contributed by atoms with Gasteiger partial charge in [-0.3, -0.25) is 0 Å². The standard InChI is InChI=1S/C12H19NO3S/c1-17-9-5-3-2-4-8-13-11-7-6-10(16-11)12(14)15/h6-7,13H,2-5,8-9H2,1H3,(H,14,15). The molecule has 1 aromatic heterocycles. The lowest BCUT2D eigenvalue weighted by molar-refractivity contribution is 0.0663. The Morgan fingerprint density at radius 3 is 2.76 bits per heavy atom. The second-order valence-corrected chi connectivity index (χ2v) is 4.79. The third kappa shape index (κ3) is 5.68. The van der Waals surface area contributed by atoms with Crippen molar-refractivity contribution in [2.75, 3.05) is 23.9 Å². The summed E-state index contributed by atoms with van der Waals surface area (Å²) in [7, 11) is 0. The number of carboxylic acids is 1. The summed E-state index contributed by atoms with van der Waals surface area (Å²) < 4.78 is 5.08. The molecule has 0 aliphatic heterocycles. The molecule has 4 nitrogen and oxygen atoms in total. The molecule has 1 aromatic rings. The number of hydrogen-bond acceptors (Lipinski definition) is 4. The van der Waals surface area contributed by atoms with Crippen LogP contribution in [0.1, 0.15) is 36.2 Å². The van der Waals surface area contributed by atoms with Crippen LogP contribution in [0.5, 0.6) is 0 Å². The lowest BCUT2D eigenvalue weighted by Crippen LogP contribution is -2.00. The number of carbonyl (C=O) groups is 1. The zero-order chi connectivity index (χ0) is 12.5. The molecule has 0 bridgehead atoms. The average Bonchev–Trinajstić information content (AvgIpc) is 2.77. The van der Waals surface area contributed by atoms with Gasteiger partial charge in [-0.2, -0.15) is 11.8 Å². The maximum Gasteiger partial charge on any atom is 0.371 e. The Balaban J connectivity index is 2.07. The Morgan fingerprint density at radius 2 is 2.12 bits per heavy atom. The third-order valence-corrected chi connectivity index (χ3v) is 3.09. The van der Waals surface area contributed by atoms with Crippen molar-refractivity contribution in [1.29, 1.82) is 0 Å². The molecule has 0 aliphatic carbocycles. The van der Waals surface area contributed by atoms with Crippen LogP contribution in [-0.2, 0) is 0 Å². The molecule has 0 aromatic carbocycles. The second kappa shape index (κ2) is 8.06. The molecule has 2 N–H and O–H groups in total. The molecular weight excluding hydrogens is 238 g/mol. The van der Waals surface area contributed by atoms with E-state index in [0.29, 0.717) is 5.88 Å². The predicted octanol–water partition coefficient (Wildman–Crippen LogP) is 3.31. The summed E-state index contributed by atoms with van der Waals surface area (Å²) in [6.07, 6.45) is 6.92. The lowest BCUT2D eigenvalue weighted by Gasteiger charge is -2.02. The minimum Gasteiger partial charge on any atom is -0.475 e. The minimum atomic E-state index is -1.03. The molecule has 0 saturated carbocycles. The largest absolute Gasteiger partial charge is 0.475 e. The van der Waals surface area contributed by atoms with Crippen LogP contribution in [0.15, 0.2) is 16.5 Å². The highest BCUT2D eigenvalue weighted by Gasteiger charge is 2.07. The number of aromatic carboxylic acids is 1. The number of unbranched alkanes of at least 4 members (excludes halogenated alkanes) is 3. The van der Waals surface area contributed by atoms with E-state index in [0.717, 1.165) is 13.0 Å². The fourth-order valence-electron chi connectivity index (χ4n) is 1.48. The first kappa shape index (κ1) is 14.0. The van der Waals surface area contributed by atoms with E-state index < -0.39 is 5.97 Å². The molecule has 0 amide bonds. The van der Waals surface area contributed by atoms with Crippen molar-refractivity contribution in [3.63, 3.8) is 0 Å². The summed E-state index contributed by atoms with van der Waals surface area (Å²) in [5, 5.41) is 11.7. The van der Waals surface area contributed by atoms with Crippen molar-refractivity contribution >= 4 is 23.6 Å². The van der Waals surface area contributed by atoms with Gasteiger partial charge in [0.15, 0.2) is 5.88 Å². The van der Waals surface area contributed by atoms with E-state index >= 15 is 0 Å². The van der Waals surface area contributed by atoms with Gasteiger partial charge in [-0.05, 0) is 30.9 Å². The van der Waals surface area contributed by atoms with Crippen molar-refractivity contribution in [1.82, 2.24) is 0 Å². The molecule has 17 heavy (non-hydrogen) atoms. The molecule has 1 rings (SSSR count). The molecular formula is C12H19NO3S. The van der Waals surface area contributed by atoms with Crippen LogP contribution in [0.2, 0.25) is 0 Å². The maximum atomic E-state index is 10.6. The number of rotatable bonds is 9. The van der Waals surface area contributed by atoms with E-state index in [4.69, 9.17) is 9.52 Å². The highest BCUT2D eigenvalue weighted by molar-refractivity contribution is 7.98. The Labute approximate surface area is 106 Å². The first-order valence-corrected chi connectivity index (χ1v) is 7.19. The molecule has 5 heteroatoms. The van der Waals surface area contributed by atoms with E-state index in [2.05, 4.69) is 11.6 Å². The van der Waals surface area contributed by atoms with Crippen molar-refractivity contribution in [2.45, 2.75) is 25.7 Å². The van der Waals surface area contributed by atoms with Gasteiger partial charge in [-0.15, -0.1) is 0 Å². The van der Waals surface area contributed by atoms with Gasteiger partial charge in [0.05, 0.1) is 0 Å². The summed E-state index contributed by atoms with van der Waals surface area (Å²) >= 11 is 1.88. The summed E-state index contributed by atoms with van der Waals surface area (Å²) in [6.45, 7) is 0.825. The molecule has 0 spiro atoms. The summed E-state index contributed by atoms with van der Waals surface area (Å²) in [5.41, 5.74) is 0. The van der Waals surface area contributed by atoms with Crippen molar-refractivity contribution in [2.24, 2.45) is 0 Å². The second-order valence-electron chi connectivity index (χ2n) is 3.80. The first-order chi connectivity index (χ1) is 8.24. The SMILES string of the molecule is CSCCCCCCNc1ccc(C(=O)O)o1. The maximum absolute atomic E-state index is 10.6. The molecule has 0 fully saturated rings. The van der Waals surface area contributed by atoms with Crippen LogP contribution in [0.3, 0.4) is 0 Å².